The van der Waals surface area contributed by atoms with Gasteiger partial charge < -0.3 is 10.1 Å². The molecule has 2 N–H and O–H groups in total. The van der Waals surface area contributed by atoms with Crippen LogP contribution in [0.15, 0.2) is 21.9 Å². The number of hydrogen-bond acceptors (Lipinski definition) is 4. The van der Waals surface area contributed by atoms with Gasteiger partial charge >= 0.3 is 5.69 Å². The molecule has 0 fully saturated rings. The molecular formula is C12H21N3O3. The first-order valence-electron chi connectivity index (χ1n) is 6.32. The van der Waals surface area contributed by atoms with Gasteiger partial charge in [-0.25, -0.2) is 4.79 Å². The van der Waals surface area contributed by atoms with Crippen molar-refractivity contribution in [1.29, 1.82) is 0 Å². The lowest BCUT2D eigenvalue weighted by atomic mass is 10.4. The van der Waals surface area contributed by atoms with Crippen LogP contribution >= 0.6 is 0 Å². The Kier molecular flexibility index (Phi) is 7.05. The molecule has 0 aliphatic carbocycles. The molecule has 0 saturated carbocycles. The summed E-state index contributed by atoms with van der Waals surface area (Å²) < 4.78 is 6.85. The van der Waals surface area contributed by atoms with E-state index in [2.05, 4.69) is 17.2 Å². The summed E-state index contributed by atoms with van der Waals surface area (Å²) in [6.45, 7) is 5.58. The van der Waals surface area contributed by atoms with Gasteiger partial charge in [-0.05, 0) is 6.42 Å². The lowest BCUT2D eigenvalue weighted by molar-refractivity contribution is 0.133. The van der Waals surface area contributed by atoms with Gasteiger partial charge in [-0.1, -0.05) is 13.3 Å². The van der Waals surface area contributed by atoms with Gasteiger partial charge in [-0.15, -0.1) is 0 Å². The molecule has 1 aromatic rings. The van der Waals surface area contributed by atoms with E-state index in [-0.39, 0.29) is 11.2 Å². The summed E-state index contributed by atoms with van der Waals surface area (Å²) in [6.07, 6.45) is 3.73. The first-order chi connectivity index (χ1) is 8.74. The van der Waals surface area contributed by atoms with Crippen molar-refractivity contribution in [1.82, 2.24) is 14.9 Å². The zero-order valence-electron chi connectivity index (χ0n) is 10.8. The summed E-state index contributed by atoms with van der Waals surface area (Å²) >= 11 is 0. The highest BCUT2D eigenvalue weighted by molar-refractivity contribution is 4.82. The quantitative estimate of drug-likeness (QED) is 0.606. The van der Waals surface area contributed by atoms with E-state index in [0.717, 1.165) is 26.0 Å². The second-order valence-electron chi connectivity index (χ2n) is 4.02. The van der Waals surface area contributed by atoms with Gasteiger partial charge in [0.05, 0.1) is 6.61 Å². The maximum absolute atomic E-state index is 11.3. The maximum atomic E-state index is 11.3. The Bertz CT molecular complexity index is 439. The van der Waals surface area contributed by atoms with Gasteiger partial charge in [0.1, 0.15) is 0 Å². The van der Waals surface area contributed by atoms with Crippen LogP contribution in [0.2, 0.25) is 0 Å². The monoisotopic (exact) mass is 255 g/mol. The smallest absolute Gasteiger partial charge is 0.328 e. The molecule has 0 aromatic carbocycles. The lowest BCUT2D eigenvalue weighted by Gasteiger charge is -2.07. The van der Waals surface area contributed by atoms with Gasteiger partial charge in [0.2, 0.25) is 0 Å². The van der Waals surface area contributed by atoms with Gasteiger partial charge in [-0.2, -0.15) is 0 Å². The van der Waals surface area contributed by atoms with Gasteiger partial charge in [-0.3, -0.25) is 14.3 Å². The molecule has 0 spiro atoms. The number of aromatic amines is 1. The highest BCUT2D eigenvalue weighted by Gasteiger charge is 1.95. The first kappa shape index (κ1) is 14.7. The Hall–Kier alpha value is -1.40. The van der Waals surface area contributed by atoms with Crippen LogP contribution in [-0.2, 0) is 11.3 Å². The second kappa shape index (κ2) is 8.66. The van der Waals surface area contributed by atoms with Crippen molar-refractivity contribution in [2.24, 2.45) is 0 Å². The average Bonchev–Trinajstić information content (AvgIpc) is 2.35. The predicted octanol–water partition coefficient (Wildman–Crippen LogP) is -0.0571. The molecule has 18 heavy (non-hydrogen) atoms. The zero-order valence-corrected chi connectivity index (χ0v) is 10.8. The summed E-state index contributed by atoms with van der Waals surface area (Å²) in [7, 11) is 0. The van der Waals surface area contributed by atoms with Crippen molar-refractivity contribution in [2.45, 2.75) is 26.3 Å². The van der Waals surface area contributed by atoms with Crippen molar-refractivity contribution >= 4 is 0 Å². The lowest BCUT2D eigenvalue weighted by Crippen LogP contribution is -2.32. The first-order valence-corrected chi connectivity index (χ1v) is 6.32. The molecule has 1 rings (SSSR count). The van der Waals surface area contributed by atoms with Crippen molar-refractivity contribution in [2.75, 3.05) is 26.3 Å². The number of nitrogens with zero attached hydrogens (tertiary/aromatic N) is 1. The summed E-state index contributed by atoms with van der Waals surface area (Å²) in [4.78, 5) is 24.4. The van der Waals surface area contributed by atoms with E-state index in [4.69, 9.17) is 4.74 Å². The Morgan fingerprint density at radius 2 is 2.17 bits per heavy atom. The molecular weight excluding hydrogens is 234 g/mol. The van der Waals surface area contributed by atoms with Crippen LogP contribution in [0.3, 0.4) is 0 Å². The molecule has 0 atom stereocenters. The maximum Gasteiger partial charge on any atom is 0.328 e. The minimum atomic E-state index is -0.372. The Morgan fingerprint density at radius 3 is 2.89 bits per heavy atom. The van der Waals surface area contributed by atoms with E-state index in [1.807, 2.05) is 0 Å². The average molecular weight is 255 g/mol. The van der Waals surface area contributed by atoms with Crippen molar-refractivity contribution in [3.05, 3.63) is 33.1 Å². The van der Waals surface area contributed by atoms with E-state index < -0.39 is 0 Å². The topological polar surface area (TPSA) is 76.1 Å². The number of aromatic nitrogens is 2. The summed E-state index contributed by atoms with van der Waals surface area (Å²) in [5.41, 5.74) is -0.739. The third-order valence-corrected chi connectivity index (χ3v) is 2.49. The van der Waals surface area contributed by atoms with Crippen LogP contribution in [0.25, 0.3) is 0 Å². The summed E-state index contributed by atoms with van der Waals surface area (Å²) in [6, 6.07) is 1.34. The van der Waals surface area contributed by atoms with Crippen molar-refractivity contribution in [3.8, 4) is 0 Å². The van der Waals surface area contributed by atoms with E-state index in [1.165, 1.54) is 16.8 Å². The van der Waals surface area contributed by atoms with Crippen molar-refractivity contribution in [3.63, 3.8) is 0 Å². The number of ether oxygens (including phenoxy) is 1. The van der Waals surface area contributed by atoms with E-state index in [0.29, 0.717) is 19.7 Å². The van der Waals surface area contributed by atoms with Crippen molar-refractivity contribution < 1.29 is 4.74 Å². The molecule has 1 heterocycles. The normalized spacial score (nSPS) is 10.7. The van der Waals surface area contributed by atoms with Gasteiger partial charge in [0.15, 0.2) is 0 Å². The molecule has 0 aliphatic heterocycles. The highest BCUT2D eigenvalue weighted by atomic mass is 16.5. The third kappa shape index (κ3) is 5.79. The Labute approximate surface area is 106 Å². The molecule has 6 heteroatoms. The van der Waals surface area contributed by atoms with Crippen LogP contribution < -0.4 is 16.6 Å². The zero-order chi connectivity index (χ0) is 13.2. The minimum Gasteiger partial charge on any atom is -0.380 e. The minimum absolute atomic E-state index is 0.367. The molecule has 0 amide bonds. The fraction of sp³-hybridized carbons (Fsp3) is 0.667. The molecule has 102 valence electrons. The molecule has 0 unspecified atom stereocenters. The number of nitrogens with one attached hydrogen (secondary N) is 2. The number of hydrogen-bond donors (Lipinski definition) is 2. The molecule has 1 aromatic heterocycles. The molecule has 0 aliphatic rings. The Morgan fingerprint density at radius 1 is 1.33 bits per heavy atom. The summed E-state index contributed by atoms with van der Waals surface area (Å²) in [5, 5.41) is 3.18. The van der Waals surface area contributed by atoms with Crippen LogP contribution in [0.5, 0.6) is 0 Å². The molecule has 6 nitrogen and oxygen atoms in total. The van der Waals surface area contributed by atoms with Gasteiger partial charge in [0, 0.05) is 38.5 Å². The number of rotatable bonds is 9. The Balaban J connectivity index is 2.11. The molecule has 0 radical (unpaired) electrons. The van der Waals surface area contributed by atoms with E-state index >= 15 is 0 Å². The fourth-order valence-electron chi connectivity index (χ4n) is 1.44. The SMILES string of the molecule is CCCCOCCNCCn1ccc(=O)[nH]c1=O. The van der Waals surface area contributed by atoms with E-state index in [1.54, 1.807) is 0 Å². The summed E-state index contributed by atoms with van der Waals surface area (Å²) in [5.74, 6) is 0. The molecule has 0 bridgehead atoms. The standard InChI is InChI=1S/C12H21N3O3/c1-2-3-9-18-10-6-13-5-8-15-7-4-11(16)14-12(15)17/h4,7,13H,2-3,5-6,8-10H2,1H3,(H,14,16,17). The van der Waals surface area contributed by atoms with Crippen LogP contribution in [-0.4, -0.2) is 35.9 Å². The number of H-pyrrole nitrogens is 1. The van der Waals surface area contributed by atoms with Crippen LogP contribution in [0, 0.1) is 0 Å². The predicted molar refractivity (Wildman–Crippen MR) is 69.9 cm³/mol. The van der Waals surface area contributed by atoms with Crippen LogP contribution in [0.4, 0.5) is 0 Å². The number of unbranched alkanes of at least 4 members (excludes halogenated alkanes) is 1. The second-order valence-corrected chi connectivity index (χ2v) is 4.02. The fourth-order valence-corrected chi connectivity index (χ4v) is 1.44. The third-order valence-electron chi connectivity index (χ3n) is 2.49. The largest absolute Gasteiger partial charge is 0.380 e. The van der Waals surface area contributed by atoms with E-state index in [9.17, 15) is 9.59 Å². The molecule has 0 saturated heterocycles. The van der Waals surface area contributed by atoms with Gasteiger partial charge in [0.25, 0.3) is 5.56 Å². The van der Waals surface area contributed by atoms with Crippen LogP contribution in [0.1, 0.15) is 19.8 Å². The highest BCUT2D eigenvalue weighted by Crippen LogP contribution is 1.86.